The summed E-state index contributed by atoms with van der Waals surface area (Å²) in [6.07, 6.45) is 1.50. The van der Waals surface area contributed by atoms with Gasteiger partial charge in [-0.2, -0.15) is 0 Å². The van der Waals surface area contributed by atoms with Gasteiger partial charge in [-0.3, -0.25) is 4.79 Å². The third-order valence-electron chi connectivity index (χ3n) is 4.58. The van der Waals surface area contributed by atoms with E-state index in [9.17, 15) is 4.79 Å². The van der Waals surface area contributed by atoms with Crippen molar-refractivity contribution >= 4 is 11.6 Å². The third-order valence-corrected chi connectivity index (χ3v) is 4.58. The van der Waals surface area contributed by atoms with Crippen molar-refractivity contribution in [3.63, 3.8) is 0 Å². The van der Waals surface area contributed by atoms with Crippen molar-refractivity contribution in [3.05, 3.63) is 66.2 Å². The van der Waals surface area contributed by atoms with Gasteiger partial charge in [-0.15, -0.1) is 0 Å². The highest BCUT2D eigenvalue weighted by Gasteiger charge is 2.31. The summed E-state index contributed by atoms with van der Waals surface area (Å²) in [5.74, 6) is 0.705. The number of carbonyl (C=O) groups is 1. The molecule has 0 aliphatic carbocycles. The molecule has 120 valence electrons. The first-order chi connectivity index (χ1) is 11.2. The highest BCUT2D eigenvalue weighted by molar-refractivity contribution is 5.78. The lowest BCUT2D eigenvalue weighted by Crippen LogP contribution is -2.49. The lowest BCUT2D eigenvalue weighted by molar-refractivity contribution is -0.134. The second-order valence-corrected chi connectivity index (χ2v) is 6.37. The van der Waals surface area contributed by atoms with E-state index in [0.29, 0.717) is 12.3 Å². The summed E-state index contributed by atoms with van der Waals surface area (Å²) in [5, 5.41) is 3.51. The number of para-hydroxylation sites is 1. The summed E-state index contributed by atoms with van der Waals surface area (Å²) in [6.45, 7) is 3.87. The molecule has 0 bridgehead atoms. The van der Waals surface area contributed by atoms with Crippen LogP contribution >= 0.6 is 0 Å². The van der Waals surface area contributed by atoms with Crippen LogP contribution in [0.3, 0.4) is 0 Å². The van der Waals surface area contributed by atoms with Gasteiger partial charge in [0.05, 0.1) is 0 Å². The molecule has 0 radical (unpaired) electrons. The predicted octanol–water partition coefficient (Wildman–Crippen LogP) is 3.58. The number of rotatable bonds is 5. The maximum absolute atomic E-state index is 12.4. The molecule has 1 saturated heterocycles. The summed E-state index contributed by atoms with van der Waals surface area (Å²) in [7, 11) is 0. The van der Waals surface area contributed by atoms with Gasteiger partial charge in [-0.1, -0.05) is 55.5 Å². The number of amides is 1. The fourth-order valence-corrected chi connectivity index (χ4v) is 3.16. The number of piperidine rings is 1. The molecule has 0 aromatic heterocycles. The first kappa shape index (κ1) is 15.6. The van der Waals surface area contributed by atoms with Crippen LogP contribution in [0.4, 0.5) is 5.69 Å². The molecule has 1 aliphatic rings. The molecular formula is C20H24N2O. The van der Waals surface area contributed by atoms with Gasteiger partial charge >= 0.3 is 0 Å². The van der Waals surface area contributed by atoms with Crippen LogP contribution in [0.2, 0.25) is 0 Å². The smallest absolute Gasteiger partial charge is 0.224 e. The van der Waals surface area contributed by atoms with Crippen molar-refractivity contribution < 1.29 is 4.79 Å². The van der Waals surface area contributed by atoms with Crippen LogP contribution in [0.15, 0.2) is 60.7 Å². The quantitative estimate of drug-likeness (QED) is 0.915. The lowest BCUT2D eigenvalue weighted by atomic mass is 9.92. The van der Waals surface area contributed by atoms with E-state index in [0.717, 1.165) is 25.2 Å². The summed E-state index contributed by atoms with van der Waals surface area (Å²) in [5.41, 5.74) is 2.38. The molecule has 3 nitrogen and oxygen atoms in total. The van der Waals surface area contributed by atoms with E-state index >= 15 is 0 Å². The Labute approximate surface area is 138 Å². The van der Waals surface area contributed by atoms with E-state index in [2.05, 4.69) is 48.6 Å². The lowest BCUT2D eigenvalue weighted by Gasteiger charge is -2.37. The molecule has 2 unspecified atom stereocenters. The maximum Gasteiger partial charge on any atom is 0.224 e. The molecule has 2 aromatic rings. The summed E-state index contributed by atoms with van der Waals surface area (Å²) >= 11 is 0. The predicted molar refractivity (Wildman–Crippen MR) is 94.4 cm³/mol. The molecular weight excluding hydrogens is 284 g/mol. The van der Waals surface area contributed by atoms with Gasteiger partial charge < -0.3 is 10.2 Å². The summed E-state index contributed by atoms with van der Waals surface area (Å²) in [4.78, 5) is 14.5. The van der Waals surface area contributed by atoms with E-state index in [1.54, 1.807) is 0 Å². The second kappa shape index (κ2) is 7.32. The zero-order chi connectivity index (χ0) is 16.1. The highest BCUT2D eigenvalue weighted by Crippen LogP contribution is 2.22. The molecule has 2 atom stereocenters. The highest BCUT2D eigenvalue weighted by atomic mass is 16.2. The van der Waals surface area contributed by atoms with Gasteiger partial charge in [0.15, 0.2) is 0 Å². The van der Waals surface area contributed by atoms with Crippen molar-refractivity contribution in [1.82, 2.24) is 4.90 Å². The van der Waals surface area contributed by atoms with Crippen molar-refractivity contribution in [2.24, 2.45) is 5.92 Å². The molecule has 1 fully saturated rings. The molecule has 2 aromatic carbocycles. The Bertz CT molecular complexity index is 627. The number of anilines is 1. The van der Waals surface area contributed by atoms with Gasteiger partial charge in [0.25, 0.3) is 0 Å². The van der Waals surface area contributed by atoms with Crippen LogP contribution in [0.25, 0.3) is 0 Å². The van der Waals surface area contributed by atoms with Crippen molar-refractivity contribution in [2.45, 2.75) is 25.8 Å². The van der Waals surface area contributed by atoms with Crippen molar-refractivity contribution in [2.75, 3.05) is 18.4 Å². The van der Waals surface area contributed by atoms with Gasteiger partial charge in [0.1, 0.15) is 0 Å². The van der Waals surface area contributed by atoms with Gasteiger partial charge in [-0.25, -0.2) is 0 Å². The van der Waals surface area contributed by atoms with Crippen molar-refractivity contribution in [3.8, 4) is 0 Å². The molecule has 0 saturated carbocycles. The number of nitrogens with zero attached hydrogens (tertiary/aromatic N) is 1. The zero-order valence-electron chi connectivity index (χ0n) is 13.6. The van der Waals surface area contributed by atoms with Crippen LogP contribution in [0.1, 0.15) is 18.9 Å². The molecule has 1 aliphatic heterocycles. The Kier molecular flexibility index (Phi) is 4.96. The van der Waals surface area contributed by atoms with E-state index in [-0.39, 0.29) is 11.9 Å². The molecule has 1 N–H and O–H groups in total. The fourth-order valence-electron chi connectivity index (χ4n) is 3.16. The Hall–Kier alpha value is -2.29. The molecule has 0 spiro atoms. The number of likely N-dealkylation sites (tertiary alicyclic amines) is 1. The van der Waals surface area contributed by atoms with Gasteiger partial charge in [0.2, 0.25) is 5.91 Å². The van der Waals surface area contributed by atoms with E-state index in [1.807, 2.05) is 29.2 Å². The number of carbonyl (C=O) groups excluding carboxylic acids is 1. The molecule has 1 amide bonds. The molecule has 23 heavy (non-hydrogen) atoms. The molecule has 3 heteroatoms. The van der Waals surface area contributed by atoms with E-state index < -0.39 is 0 Å². The fraction of sp³-hybridized carbons (Fsp3) is 0.350. The number of benzene rings is 2. The minimum atomic E-state index is 0.220. The van der Waals surface area contributed by atoms with Crippen LogP contribution in [-0.4, -0.2) is 29.9 Å². The van der Waals surface area contributed by atoms with Crippen LogP contribution in [0, 0.1) is 5.92 Å². The topological polar surface area (TPSA) is 32.3 Å². The van der Waals surface area contributed by atoms with E-state index in [4.69, 9.17) is 0 Å². The maximum atomic E-state index is 12.4. The van der Waals surface area contributed by atoms with E-state index in [1.165, 1.54) is 5.56 Å². The zero-order valence-corrected chi connectivity index (χ0v) is 13.6. The first-order valence-corrected chi connectivity index (χ1v) is 8.35. The van der Waals surface area contributed by atoms with Gasteiger partial charge in [0, 0.05) is 31.2 Å². The largest absolute Gasteiger partial charge is 0.381 e. The van der Waals surface area contributed by atoms with Gasteiger partial charge in [-0.05, 0) is 30.0 Å². The Morgan fingerprint density at radius 1 is 1.04 bits per heavy atom. The minimum absolute atomic E-state index is 0.220. The minimum Gasteiger partial charge on any atom is -0.381 e. The molecule has 1 heterocycles. The van der Waals surface area contributed by atoms with Crippen LogP contribution in [0.5, 0.6) is 0 Å². The summed E-state index contributed by atoms with van der Waals surface area (Å²) in [6, 6.07) is 20.7. The molecule has 3 rings (SSSR count). The van der Waals surface area contributed by atoms with Crippen molar-refractivity contribution in [1.29, 1.82) is 0 Å². The average Bonchev–Trinajstić information content (AvgIpc) is 2.58. The van der Waals surface area contributed by atoms with Crippen LogP contribution < -0.4 is 5.32 Å². The Morgan fingerprint density at radius 3 is 2.39 bits per heavy atom. The normalized spacial score (nSPS) is 21.3. The Morgan fingerprint density at radius 2 is 1.70 bits per heavy atom. The standard InChI is InChI=1S/C20H24N2O/c1-16-15-22(13-12-17-8-4-2-5-9-17)20(23)14-19(16)21-18-10-6-3-7-11-18/h2-11,16,19,21H,12-15H2,1H3. The summed E-state index contributed by atoms with van der Waals surface area (Å²) < 4.78 is 0. The SMILES string of the molecule is CC1CN(CCc2ccccc2)C(=O)CC1Nc1ccccc1. The third kappa shape index (κ3) is 4.13. The van der Waals surface area contributed by atoms with Crippen LogP contribution in [-0.2, 0) is 11.2 Å². The first-order valence-electron chi connectivity index (χ1n) is 8.35. The number of hydrogen-bond acceptors (Lipinski definition) is 2. The Balaban J connectivity index is 1.55. The second-order valence-electron chi connectivity index (χ2n) is 6.37. The average molecular weight is 308 g/mol. The number of hydrogen-bond donors (Lipinski definition) is 1. The number of nitrogens with one attached hydrogen (secondary N) is 1. The monoisotopic (exact) mass is 308 g/mol.